The Morgan fingerprint density at radius 1 is 0.875 bits per heavy atom. The number of rotatable bonds is 2. The number of hydrogen-bond donors (Lipinski definition) is 2. The molecule has 5 aromatic rings. The molecule has 114 valence electrons. The molecule has 5 heterocycles. The molecule has 0 amide bonds. The van der Waals surface area contributed by atoms with Gasteiger partial charge in [-0.05, 0) is 18.2 Å². The van der Waals surface area contributed by atoms with Crippen molar-refractivity contribution < 1.29 is 0 Å². The first kappa shape index (κ1) is 12.9. The molecule has 0 atom stereocenters. The van der Waals surface area contributed by atoms with Gasteiger partial charge < -0.3 is 4.98 Å². The maximum absolute atomic E-state index is 4.46. The smallest absolute Gasteiger partial charge is 0.155 e. The van der Waals surface area contributed by atoms with Crippen molar-refractivity contribution in [1.29, 1.82) is 0 Å². The van der Waals surface area contributed by atoms with Gasteiger partial charge in [-0.2, -0.15) is 5.10 Å². The van der Waals surface area contributed by atoms with Crippen molar-refractivity contribution >= 4 is 21.9 Å². The van der Waals surface area contributed by atoms with Gasteiger partial charge in [-0.15, -0.1) is 0 Å². The number of nitrogens with zero attached hydrogens (tertiary/aromatic N) is 5. The molecular formula is C17H11N7. The summed E-state index contributed by atoms with van der Waals surface area (Å²) in [5.41, 5.74) is 5.38. The molecule has 0 aliphatic rings. The van der Waals surface area contributed by atoms with Gasteiger partial charge in [-0.1, -0.05) is 0 Å². The molecule has 0 aliphatic carbocycles. The fraction of sp³-hybridized carbons (Fsp3) is 0. The van der Waals surface area contributed by atoms with Crippen LogP contribution in [0.1, 0.15) is 0 Å². The van der Waals surface area contributed by atoms with Crippen LogP contribution in [0.5, 0.6) is 0 Å². The fourth-order valence-electron chi connectivity index (χ4n) is 2.81. The van der Waals surface area contributed by atoms with Crippen LogP contribution in [0.2, 0.25) is 0 Å². The van der Waals surface area contributed by atoms with Crippen molar-refractivity contribution in [3.63, 3.8) is 0 Å². The third-order valence-corrected chi connectivity index (χ3v) is 3.99. The Bertz CT molecular complexity index is 1120. The quantitative estimate of drug-likeness (QED) is 0.522. The van der Waals surface area contributed by atoms with E-state index in [2.05, 4.69) is 35.1 Å². The van der Waals surface area contributed by atoms with Crippen LogP contribution in [-0.2, 0) is 0 Å². The summed E-state index contributed by atoms with van der Waals surface area (Å²) < 4.78 is 0. The lowest BCUT2D eigenvalue weighted by molar-refractivity contribution is 1.10. The molecule has 2 N–H and O–H groups in total. The van der Waals surface area contributed by atoms with Crippen molar-refractivity contribution in [1.82, 2.24) is 35.1 Å². The lowest BCUT2D eigenvalue weighted by Gasteiger charge is -2.00. The minimum atomic E-state index is 0.738. The summed E-state index contributed by atoms with van der Waals surface area (Å²) >= 11 is 0. The van der Waals surface area contributed by atoms with E-state index < -0.39 is 0 Å². The lowest BCUT2D eigenvalue weighted by Crippen LogP contribution is -1.85. The van der Waals surface area contributed by atoms with Crippen molar-refractivity contribution in [2.45, 2.75) is 0 Å². The molecule has 0 radical (unpaired) electrons. The van der Waals surface area contributed by atoms with Crippen molar-refractivity contribution in [2.24, 2.45) is 0 Å². The number of hydrogen-bond acceptors (Lipinski definition) is 5. The Kier molecular flexibility index (Phi) is 2.66. The van der Waals surface area contributed by atoms with Gasteiger partial charge in [0.15, 0.2) is 5.65 Å². The predicted octanol–water partition coefficient (Wildman–Crippen LogP) is 2.96. The number of fused-ring (bicyclic) bond motifs is 2. The van der Waals surface area contributed by atoms with E-state index in [0.29, 0.717) is 0 Å². The summed E-state index contributed by atoms with van der Waals surface area (Å²) in [6.07, 6.45) is 10.4. The van der Waals surface area contributed by atoms with Crippen molar-refractivity contribution in [3.8, 4) is 22.5 Å². The predicted molar refractivity (Wildman–Crippen MR) is 90.0 cm³/mol. The number of aromatic nitrogens is 7. The fourth-order valence-corrected chi connectivity index (χ4v) is 2.81. The number of H-pyrrole nitrogens is 2. The SMILES string of the molecule is c1cc2[nH]c(-c3n[nH]c4ncc(-c5cncnc5)cc34)cc2cn1. The molecule has 0 saturated carbocycles. The Balaban J connectivity index is 1.71. The third kappa shape index (κ3) is 1.95. The van der Waals surface area contributed by atoms with Gasteiger partial charge in [-0.3, -0.25) is 10.1 Å². The van der Waals surface area contributed by atoms with Gasteiger partial charge in [0.2, 0.25) is 0 Å². The van der Waals surface area contributed by atoms with Gasteiger partial charge in [0.1, 0.15) is 12.0 Å². The van der Waals surface area contributed by atoms with E-state index in [0.717, 1.165) is 44.5 Å². The van der Waals surface area contributed by atoms with Crippen LogP contribution < -0.4 is 0 Å². The second kappa shape index (κ2) is 4.95. The van der Waals surface area contributed by atoms with Crippen LogP contribution in [0.25, 0.3) is 44.5 Å². The summed E-state index contributed by atoms with van der Waals surface area (Å²) in [6, 6.07) is 6.03. The summed E-state index contributed by atoms with van der Waals surface area (Å²) in [4.78, 5) is 20.1. The van der Waals surface area contributed by atoms with Crippen LogP contribution in [0.3, 0.4) is 0 Å². The van der Waals surface area contributed by atoms with Crippen LogP contribution in [0, 0.1) is 0 Å². The Hall–Kier alpha value is -3.61. The standard InChI is InChI=1S/C17H11N7/c1-2-18-5-11-4-15(22-14(1)11)16-13-3-10(8-21-17(13)24-23-16)12-6-19-9-20-7-12/h1-9,22H,(H,21,23,24). The molecule has 7 nitrogen and oxygen atoms in total. The van der Waals surface area contributed by atoms with Gasteiger partial charge >= 0.3 is 0 Å². The molecule has 5 rings (SSSR count). The molecule has 0 unspecified atom stereocenters. The summed E-state index contributed by atoms with van der Waals surface area (Å²) in [5.74, 6) is 0. The highest BCUT2D eigenvalue weighted by molar-refractivity contribution is 5.95. The topological polar surface area (TPSA) is 96.0 Å². The molecule has 0 aromatic carbocycles. The second-order valence-electron chi connectivity index (χ2n) is 5.47. The molecular weight excluding hydrogens is 302 g/mol. The molecule has 0 spiro atoms. The van der Waals surface area contributed by atoms with Gasteiger partial charge in [0, 0.05) is 58.4 Å². The first-order chi connectivity index (χ1) is 11.9. The zero-order valence-electron chi connectivity index (χ0n) is 12.4. The number of aromatic amines is 2. The molecule has 0 fully saturated rings. The van der Waals surface area contributed by atoms with Gasteiger partial charge in [-0.25, -0.2) is 15.0 Å². The van der Waals surface area contributed by atoms with E-state index in [1.165, 1.54) is 6.33 Å². The highest BCUT2D eigenvalue weighted by Crippen LogP contribution is 2.30. The maximum Gasteiger partial charge on any atom is 0.155 e. The zero-order valence-corrected chi connectivity index (χ0v) is 12.4. The first-order valence-corrected chi connectivity index (χ1v) is 7.41. The van der Waals surface area contributed by atoms with E-state index in [9.17, 15) is 0 Å². The molecule has 0 saturated heterocycles. The molecule has 24 heavy (non-hydrogen) atoms. The Labute approximate surface area is 135 Å². The van der Waals surface area contributed by atoms with Crippen LogP contribution in [0.15, 0.2) is 55.5 Å². The highest BCUT2D eigenvalue weighted by atomic mass is 15.2. The first-order valence-electron chi connectivity index (χ1n) is 7.41. The van der Waals surface area contributed by atoms with E-state index in [4.69, 9.17) is 0 Å². The summed E-state index contributed by atoms with van der Waals surface area (Å²) in [6.45, 7) is 0. The molecule has 0 bridgehead atoms. The summed E-state index contributed by atoms with van der Waals surface area (Å²) in [5, 5.41) is 9.39. The molecule has 5 aromatic heterocycles. The second-order valence-corrected chi connectivity index (χ2v) is 5.47. The Morgan fingerprint density at radius 2 is 1.79 bits per heavy atom. The lowest BCUT2D eigenvalue weighted by atomic mass is 10.1. The Morgan fingerprint density at radius 3 is 2.67 bits per heavy atom. The van der Waals surface area contributed by atoms with Crippen molar-refractivity contribution in [2.75, 3.05) is 0 Å². The van der Waals surface area contributed by atoms with E-state index in [-0.39, 0.29) is 0 Å². The average molecular weight is 313 g/mol. The normalized spacial score (nSPS) is 11.3. The van der Waals surface area contributed by atoms with Crippen LogP contribution >= 0.6 is 0 Å². The monoisotopic (exact) mass is 313 g/mol. The minimum absolute atomic E-state index is 0.738. The highest BCUT2D eigenvalue weighted by Gasteiger charge is 2.13. The van der Waals surface area contributed by atoms with E-state index >= 15 is 0 Å². The zero-order chi connectivity index (χ0) is 15.9. The largest absolute Gasteiger partial charge is 0.353 e. The number of nitrogens with one attached hydrogen (secondary N) is 2. The average Bonchev–Trinajstić information content (AvgIpc) is 3.25. The maximum atomic E-state index is 4.46. The van der Waals surface area contributed by atoms with Crippen molar-refractivity contribution in [3.05, 3.63) is 55.5 Å². The number of pyridine rings is 2. The summed E-state index contributed by atoms with van der Waals surface area (Å²) in [7, 11) is 0. The van der Waals surface area contributed by atoms with Crippen LogP contribution in [0.4, 0.5) is 0 Å². The molecule has 0 aliphatic heterocycles. The van der Waals surface area contributed by atoms with Crippen LogP contribution in [-0.4, -0.2) is 35.1 Å². The van der Waals surface area contributed by atoms with Gasteiger partial charge in [0.25, 0.3) is 0 Å². The van der Waals surface area contributed by atoms with E-state index in [1.807, 2.05) is 24.4 Å². The van der Waals surface area contributed by atoms with E-state index in [1.54, 1.807) is 24.8 Å². The minimum Gasteiger partial charge on any atom is -0.353 e. The van der Waals surface area contributed by atoms with Gasteiger partial charge in [0.05, 0.1) is 5.69 Å². The third-order valence-electron chi connectivity index (χ3n) is 3.99. The molecule has 7 heteroatoms.